The van der Waals surface area contributed by atoms with Crippen LogP contribution in [0.5, 0.6) is 5.75 Å². The molecule has 1 N–H and O–H groups in total. The topological polar surface area (TPSA) is 30.5 Å². The summed E-state index contributed by atoms with van der Waals surface area (Å²) in [5.41, 5.74) is 3.54. The number of rotatable bonds is 6. The average Bonchev–Trinajstić information content (AvgIpc) is 2.61. The molecule has 0 bridgehead atoms. The van der Waals surface area contributed by atoms with Crippen LogP contribution in [0.1, 0.15) is 29.5 Å². The molecular weight excluding hydrogens is 366 g/mol. The molecule has 0 saturated carbocycles. The first kappa shape index (κ1) is 17.5. The molecule has 128 valence electrons. The molecule has 2 aromatic carbocycles. The summed E-state index contributed by atoms with van der Waals surface area (Å²) >= 11 is 3.61. The number of benzene rings is 2. The summed E-state index contributed by atoms with van der Waals surface area (Å²) in [6, 6.07) is 15.1. The van der Waals surface area contributed by atoms with E-state index in [1.54, 1.807) is 0 Å². The van der Waals surface area contributed by atoms with Crippen molar-refractivity contribution in [2.24, 2.45) is 0 Å². The molecule has 1 saturated heterocycles. The largest absolute Gasteiger partial charge is 0.488 e. The van der Waals surface area contributed by atoms with E-state index < -0.39 is 0 Å². The highest BCUT2D eigenvalue weighted by Gasteiger charge is 2.15. The second-order valence-electron chi connectivity index (χ2n) is 6.25. The van der Waals surface area contributed by atoms with Crippen molar-refractivity contribution in [3.05, 3.63) is 63.6 Å². The van der Waals surface area contributed by atoms with Crippen LogP contribution in [0, 0.1) is 6.92 Å². The highest BCUT2D eigenvalue weighted by molar-refractivity contribution is 9.10. The summed E-state index contributed by atoms with van der Waals surface area (Å²) in [5, 5.41) is 3.65. The Balaban J connectivity index is 1.69. The predicted molar refractivity (Wildman–Crippen MR) is 100 cm³/mol. The fraction of sp³-hybridized carbons (Fsp3) is 0.400. The molecule has 0 amide bonds. The van der Waals surface area contributed by atoms with Gasteiger partial charge >= 0.3 is 0 Å². The summed E-state index contributed by atoms with van der Waals surface area (Å²) in [5.74, 6) is 0.988. The highest BCUT2D eigenvalue weighted by Crippen LogP contribution is 2.29. The van der Waals surface area contributed by atoms with E-state index in [9.17, 15) is 0 Å². The van der Waals surface area contributed by atoms with Gasteiger partial charge in [0.05, 0.1) is 0 Å². The number of hydrogen-bond donors (Lipinski definition) is 1. The minimum atomic E-state index is 0.528. The molecule has 1 heterocycles. The summed E-state index contributed by atoms with van der Waals surface area (Å²) in [6.07, 6.45) is 2.15. The van der Waals surface area contributed by atoms with Crippen LogP contribution >= 0.6 is 15.9 Å². The molecule has 0 aromatic heterocycles. The highest BCUT2D eigenvalue weighted by atomic mass is 79.9. The first-order valence-electron chi connectivity index (χ1n) is 8.49. The van der Waals surface area contributed by atoms with Gasteiger partial charge in [0.15, 0.2) is 0 Å². The van der Waals surface area contributed by atoms with Crippen molar-refractivity contribution in [2.45, 2.75) is 39.0 Å². The molecule has 2 aromatic rings. The zero-order chi connectivity index (χ0) is 16.8. The van der Waals surface area contributed by atoms with Crippen LogP contribution < -0.4 is 10.1 Å². The van der Waals surface area contributed by atoms with E-state index in [4.69, 9.17) is 9.47 Å². The molecule has 4 heteroatoms. The molecular formula is C20H24BrNO2. The third-order valence-corrected chi connectivity index (χ3v) is 4.80. The summed E-state index contributed by atoms with van der Waals surface area (Å²) in [6.45, 7) is 5.21. The summed E-state index contributed by atoms with van der Waals surface area (Å²) in [7, 11) is 0. The Morgan fingerprint density at radius 2 is 1.92 bits per heavy atom. The maximum absolute atomic E-state index is 6.16. The Morgan fingerprint density at radius 3 is 2.67 bits per heavy atom. The van der Waals surface area contributed by atoms with Crippen LogP contribution in [-0.2, 0) is 17.9 Å². The molecule has 3 rings (SSSR count). The van der Waals surface area contributed by atoms with Crippen molar-refractivity contribution in [1.29, 1.82) is 0 Å². The van der Waals surface area contributed by atoms with Gasteiger partial charge in [-0.25, -0.2) is 0 Å². The van der Waals surface area contributed by atoms with E-state index in [0.717, 1.165) is 48.4 Å². The van der Waals surface area contributed by atoms with Crippen LogP contribution in [0.25, 0.3) is 0 Å². The van der Waals surface area contributed by atoms with Gasteiger partial charge < -0.3 is 14.8 Å². The van der Waals surface area contributed by atoms with Gasteiger partial charge in [-0.15, -0.1) is 0 Å². The van der Waals surface area contributed by atoms with Gasteiger partial charge in [-0.1, -0.05) is 46.3 Å². The second-order valence-corrected chi connectivity index (χ2v) is 7.17. The lowest BCUT2D eigenvalue weighted by molar-refractivity contribution is 0.0775. The third kappa shape index (κ3) is 4.82. The quantitative estimate of drug-likeness (QED) is 0.782. The summed E-state index contributed by atoms with van der Waals surface area (Å²) in [4.78, 5) is 0. The van der Waals surface area contributed by atoms with Gasteiger partial charge in [0.1, 0.15) is 12.4 Å². The molecule has 1 aliphatic heterocycles. The Bertz CT molecular complexity index is 654. The monoisotopic (exact) mass is 389 g/mol. The summed E-state index contributed by atoms with van der Waals surface area (Å²) < 4.78 is 12.7. The Labute approximate surface area is 152 Å². The Morgan fingerprint density at radius 1 is 1.17 bits per heavy atom. The molecule has 0 radical (unpaired) electrons. The van der Waals surface area contributed by atoms with Gasteiger partial charge in [0.25, 0.3) is 0 Å². The molecule has 1 aliphatic rings. The lowest BCUT2D eigenvalue weighted by Crippen LogP contribution is -2.34. The molecule has 24 heavy (non-hydrogen) atoms. The molecule has 3 nitrogen and oxygen atoms in total. The molecule has 0 atom stereocenters. The van der Waals surface area contributed by atoms with E-state index in [1.165, 1.54) is 11.1 Å². The maximum atomic E-state index is 6.16. The van der Waals surface area contributed by atoms with Crippen molar-refractivity contribution in [2.75, 3.05) is 13.2 Å². The Kier molecular flexibility index (Phi) is 6.30. The van der Waals surface area contributed by atoms with E-state index in [-0.39, 0.29) is 0 Å². The second kappa shape index (κ2) is 8.65. The van der Waals surface area contributed by atoms with E-state index in [0.29, 0.717) is 12.6 Å². The maximum Gasteiger partial charge on any atom is 0.127 e. The fourth-order valence-corrected chi connectivity index (χ4v) is 3.64. The van der Waals surface area contributed by atoms with Crippen LogP contribution in [0.3, 0.4) is 0 Å². The van der Waals surface area contributed by atoms with Crippen LogP contribution in [0.4, 0.5) is 0 Å². The molecule has 1 fully saturated rings. The lowest BCUT2D eigenvalue weighted by Gasteiger charge is -2.24. The smallest absolute Gasteiger partial charge is 0.127 e. The third-order valence-electron chi connectivity index (χ3n) is 4.34. The minimum absolute atomic E-state index is 0.528. The van der Waals surface area contributed by atoms with Crippen molar-refractivity contribution >= 4 is 15.9 Å². The first-order valence-corrected chi connectivity index (χ1v) is 9.28. The molecule has 0 aliphatic carbocycles. The van der Waals surface area contributed by atoms with Crippen molar-refractivity contribution in [3.63, 3.8) is 0 Å². The van der Waals surface area contributed by atoms with Crippen molar-refractivity contribution in [1.82, 2.24) is 5.32 Å². The van der Waals surface area contributed by atoms with E-state index in [2.05, 4.69) is 52.4 Å². The molecule has 0 unspecified atom stereocenters. The zero-order valence-corrected chi connectivity index (χ0v) is 15.6. The van der Waals surface area contributed by atoms with Crippen molar-refractivity contribution in [3.8, 4) is 5.75 Å². The van der Waals surface area contributed by atoms with Gasteiger partial charge in [0.2, 0.25) is 0 Å². The van der Waals surface area contributed by atoms with Gasteiger partial charge in [-0.3, -0.25) is 0 Å². The lowest BCUT2D eigenvalue weighted by atomic mass is 10.1. The normalized spacial score (nSPS) is 15.4. The number of halogens is 1. The van der Waals surface area contributed by atoms with E-state index in [1.807, 2.05) is 18.2 Å². The van der Waals surface area contributed by atoms with Crippen LogP contribution in [-0.4, -0.2) is 19.3 Å². The zero-order valence-electron chi connectivity index (χ0n) is 14.1. The van der Waals surface area contributed by atoms with Gasteiger partial charge in [0, 0.05) is 35.8 Å². The number of ether oxygens (including phenoxy) is 2. The van der Waals surface area contributed by atoms with Crippen LogP contribution in [0.15, 0.2) is 46.9 Å². The van der Waals surface area contributed by atoms with Gasteiger partial charge in [-0.2, -0.15) is 0 Å². The molecule has 0 spiro atoms. The Hall–Kier alpha value is -1.36. The average molecular weight is 390 g/mol. The van der Waals surface area contributed by atoms with E-state index >= 15 is 0 Å². The van der Waals surface area contributed by atoms with Crippen molar-refractivity contribution < 1.29 is 9.47 Å². The van der Waals surface area contributed by atoms with Gasteiger partial charge in [-0.05, 0) is 43.0 Å². The standard InChI is InChI=1S/C20H24BrNO2/c1-15-11-18(21)12-17(13-22-19-7-9-23-10-8-19)20(15)24-14-16-5-3-2-4-6-16/h2-6,11-12,19,22H,7-10,13-14H2,1H3. The SMILES string of the molecule is Cc1cc(Br)cc(CNC2CCOCC2)c1OCc1ccccc1. The fourth-order valence-electron chi connectivity index (χ4n) is 3.02. The number of hydrogen-bond acceptors (Lipinski definition) is 3. The first-order chi connectivity index (χ1) is 11.7. The predicted octanol–water partition coefficient (Wildman–Crippen LogP) is 4.61. The number of nitrogens with one attached hydrogen (secondary N) is 1. The minimum Gasteiger partial charge on any atom is -0.488 e. The number of aryl methyl sites for hydroxylation is 1. The van der Waals surface area contributed by atoms with Crippen LogP contribution in [0.2, 0.25) is 0 Å².